The second-order valence-electron chi connectivity index (χ2n) is 4.39. The van der Waals surface area contributed by atoms with Crippen molar-refractivity contribution in [3.8, 4) is 11.5 Å². The van der Waals surface area contributed by atoms with Gasteiger partial charge in [-0.15, -0.1) is 0 Å². The Bertz CT molecular complexity index is 619. The molecule has 0 fully saturated rings. The van der Waals surface area contributed by atoms with Crippen LogP contribution < -0.4 is 14.8 Å². The van der Waals surface area contributed by atoms with Gasteiger partial charge in [0.05, 0.1) is 13.7 Å². The monoisotopic (exact) mass is 353 g/mol. The van der Waals surface area contributed by atoms with E-state index in [1.54, 1.807) is 19.2 Å². The number of anilines is 1. The number of hydrogen-bond donors (Lipinski definition) is 1. The lowest BCUT2D eigenvalue weighted by molar-refractivity contribution is 0.311. The zero-order valence-corrected chi connectivity index (χ0v) is 13.5. The molecule has 0 unspecified atom stereocenters. The Morgan fingerprint density at radius 3 is 2.67 bits per heavy atom. The maximum absolute atomic E-state index is 13.7. The van der Waals surface area contributed by atoms with E-state index in [0.29, 0.717) is 30.2 Å². The van der Waals surface area contributed by atoms with Gasteiger partial charge in [-0.05, 0) is 37.3 Å². The molecule has 0 saturated carbocycles. The molecule has 0 saturated heterocycles. The van der Waals surface area contributed by atoms with Gasteiger partial charge in [-0.3, -0.25) is 0 Å². The van der Waals surface area contributed by atoms with E-state index < -0.39 is 0 Å². The highest BCUT2D eigenvalue weighted by Crippen LogP contribution is 2.30. The van der Waals surface area contributed by atoms with Gasteiger partial charge in [-0.25, -0.2) is 4.39 Å². The molecular formula is C16H17BrFNO2. The highest BCUT2D eigenvalue weighted by atomic mass is 79.9. The summed E-state index contributed by atoms with van der Waals surface area (Å²) in [5.74, 6) is 1.11. The summed E-state index contributed by atoms with van der Waals surface area (Å²) in [5.41, 5.74) is 1.44. The summed E-state index contributed by atoms with van der Waals surface area (Å²) in [5, 5.41) is 3.18. The lowest BCUT2D eigenvalue weighted by Crippen LogP contribution is -2.03. The molecule has 0 aliphatic carbocycles. The minimum absolute atomic E-state index is 0.232. The molecule has 2 aromatic rings. The molecule has 2 aromatic carbocycles. The minimum Gasteiger partial charge on any atom is -0.493 e. The largest absolute Gasteiger partial charge is 0.493 e. The molecule has 0 aliphatic heterocycles. The number of methoxy groups -OCH3 is 1. The third kappa shape index (κ3) is 4.11. The highest BCUT2D eigenvalue weighted by Gasteiger charge is 2.07. The molecule has 0 radical (unpaired) electrons. The molecular weight excluding hydrogens is 337 g/mol. The number of hydrogen-bond acceptors (Lipinski definition) is 3. The number of nitrogens with one attached hydrogen (secondary N) is 1. The van der Waals surface area contributed by atoms with Crippen LogP contribution in [0.3, 0.4) is 0 Å². The van der Waals surface area contributed by atoms with E-state index in [4.69, 9.17) is 9.47 Å². The normalized spacial score (nSPS) is 10.3. The molecule has 0 aromatic heterocycles. The summed E-state index contributed by atoms with van der Waals surface area (Å²) < 4.78 is 25.3. The maximum Gasteiger partial charge on any atom is 0.163 e. The van der Waals surface area contributed by atoms with Crippen LogP contribution in [0.1, 0.15) is 12.5 Å². The zero-order valence-electron chi connectivity index (χ0n) is 12.0. The van der Waals surface area contributed by atoms with Crippen LogP contribution in [-0.4, -0.2) is 13.7 Å². The molecule has 0 spiro atoms. The average molecular weight is 354 g/mol. The van der Waals surface area contributed by atoms with Gasteiger partial charge in [-0.2, -0.15) is 0 Å². The lowest BCUT2D eigenvalue weighted by atomic mass is 10.2. The summed E-state index contributed by atoms with van der Waals surface area (Å²) in [6, 6.07) is 10.4. The Morgan fingerprint density at radius 1 is 1.14 bits per heavy atom. The van der Waals surface area contributed by atoms with Gasteiger partial charge in [-0.1, -0.05) is 15.9 Å². The fourth-order valence-corrected chi connectivity index (χ4v) is 2.34. The summed E-state index contributed by atoms with van der Waals surface area (Å²) in [6.07, 6.45) is 0. The lowest BCUT2D eigenvalue weighted by Gasteiger charge is -2.13. The van der Waals surface area contributed by atoms with Crippen LogP contribution >= 0.6 is 15.9 Å². The molecule has 3 nitrogen and oxygen atoms in total. The summed E-state index contributed by atoms with van der Waals surface area (Å²) in [4.78, 5) is 0. The molecule has 0 bridgehead atoms. The van der Waals surface area contributed by atoms with Crippen molar-refractivity contribution in [1.29, 1.82) is 0 Å². The second kappa shape index (κ2) is 7.31. The van der Waals surface area contributed by atoms with Crippen LogP contribution in [0.5, 0.6) is 11.5 Å². The van der Waals surface area contributed by atoms with Crippen molar-refractivity contribution < 1.29 is 13.9 Å². The minimum atomic E-state index is -0.232. The Hall–Kier alpha value is -1.75. The zero-order chi connectivity index (χ0) is 15.2. The standard InChI is InChI=1S/C16H17BrFNO2/c1-3-21-16-9-13(5-7-15(16)20-2)19-10-11-8-12(17)4-6-14(11)18/h4-9,19H,3,10H2,1-2H3. The van der Waals surface area contributed by atoms with Gasteiger partial charge in [0.15, 0.2) is 11.5 Å². The van der Waals surface area contributed by atoms with Crippen molar-refractivity contribution >= 4 is 21.6 Å². The van der Waals surface area contributed by atoms with E-state index in [1.165, 1.54) is 6.07 Å². The van der Waals surface area contributed by atoms with Crippen LogP contribution in [0.2, 0.25) is 0 Å². The fraction of sp³-hybridized carbons (Fsp3) is 0.250. The molecule has 0 heterocycles. The highest BCUT2D eigenvalue weighted by molar-refractivity contribution is 9.10. The predicted molar refractivity (Wildman–Crippen MR) is 85.6 cm³/mol. The van der Waals surface area contributed by atoms with Crippen LogP contribution in [0.25, 0.3) is 0 Å². The van der Waals surface area contributed by atoms with Crippen molar-refractivity contribution in [2.24, 2.45) is 0 Å². The van der Waals surface area contributed by atoms with Crippen LogP contribution in [0, 0.1) is 5.82 Å². The van der Waals surface area contributed by atoms with Gasteiger partial charge in [0.1, 0.15) is 5.82 Å². The van der Waals surface area contributed by atoms with Gasteiger partial charge in [0.25, 0.3) is 0 Å². The van der Waals surface area contributed by atoms with Crippen LogP contribution in [0.15, 0.2) is 40.9 Å². The third-order valence-corrected chi connectivity index (χ3v) is 3.45. The van der Waals surface area contributed by atoms with Crippen molar-refractivity contribution in [2.45, 2.75) is 13.5 Å². The maximum atomic E-state index is 13.7. The van der Waals surface area contributed by atoms with Gasteiger partial charge >= 0.3 is 0 Å². The molecule has 0 amide bonds. The first-order valence-corrected chi connectivity index (χ1v) is 7.42. The predicted octanol–water partition coefficient (Wildman–Crippen LogP) is 4.61. The first kappa shape index (κ1) is 15.6. The summed E-state index contributed by atoms with van der Waals surface area (Å²) in [6.45, 7) is 2.86. The van der Waals surface area contributed by atoms with Crippen LogP contribution in [0.4, 0.5) is 10.1 Å². The van der Waals surface area contributed by atoms with Crippen molar-refractivity contribution in [1.82, 2.24) is 0 Å². The van der Waals surface area contributed by atoms with Gasteiger partial charge in [0.2, 0.25) is 0 Å². The van der Waals surface area contributed by atoms with Crippen molar-refractivity contribution in [2.75, 3.05) is 19.0 Å². The molecule has 0 atom stereocenters. The molecule has 0 aliphatic rings. The van der Waals surface area contributed by atoms with E-state index in [1.807, 2.05) is 25.1 Å². The smallest absolute Gasteiger partial charge is 0.163 e. The molecule has 21 heavy (non-hydrogen) atoms. The third-order valence-electron chi connectivity index (χ3n) is 2.95. The van der Waals surface area contributed by atoms with E-state index in [9.17, 15) is 4.39 Å². The van der Waals surface area contributed by atoms with E-state index in [0.717, 1.165) is 10.2 Å². The topological polar surface area (TPSA) is 30.5 Å². The summed E-state index contributed by atoms with van der Waals surface area (Å²) in [7, 11) is 1.60. The average Bonchev–Trinajstić information content (AvgIpc) is 2.49. The molecule has 112 valence electrons. The first-order valence-electron chi connectivity index (χ1n) is 6.62. The van der Waals surface area contributed by atoms with E-state index >= 15 is 0 Å². The SMILES string of the molecule is CCOc1cc(NCc2cc(Br)ccc2F)ccc1OC. The quantitative estimate of drug-likeness (QED) is 0.822. The van der Waals surface area contributed by atoms with Gasteiger partial charge in [0, 0.05) is 28.3 Å². The second-order valence-corrected chi connectivity index (χ2v) is 5.30. The molecule has 2 rings (SSSR count). The molecule has 1 N–H and O–H groups in total. The molecule has 5 heteroatoms. The fourth-order valence-electron chi connectivity index (χ4n) is 1.93. The Labute approximate surface area is 132 Å². The van der Waals surface area contributed by atoms with E-state index in [2.05, 4.69) is 21.2 Å². The number of benzene rings is 2. The van der Waals surface area contributed by atoms with Gasteiger partial charge < -0.3 is 14.8 Å². The summed E-state index contributed by atoms with van der Waals surface area (Å²) >= 11 is 3.34. The Kier molecular flexibility index (Phi) is 5.44. The van der Waals surface area contributed by atoms with E-state index in [-0.39, 0.29) is 5.82 Å². The van der Waals surface area contributed by atoms with Crippen LogP contribution in [-0.2, 0) is 6.54 Å². The Morgan fingerprint density at radius 2 is 1.95 bits per heavy atom. The first-order chi connectivity index (χ1) is 10.1. The number of halogens is 2. The Balaban J connectivity index is 2.12. The van der Waals surface area contributed by atoms with Crippen molar-refractivity contribution in [3.63, 3.8) is 0 Å². The number of ether oxygens (including phenoxy) is 2. The number of rotatable bonds is 6. The van der Waals surface area contributed by atoms with Crippen molar-refractivity contribution in [3.05, 3.63) is 52.3 Å².